The fourth-order valence-corrected chi connectivity index (χ4v) is 5.64. The molecule has 3 aromatic carbocycles. The maximum atomic E-state index is 13.9. The van der Waals surface area contributed by atoms with E-state index >= 15 is 0 Å². The number of amides is 2. The first-order chi connectivity index (χ1) is 14.5. The normalized spacial score (nSPS) is 20.3. The van der Waals surface area contributed by atoms with Crippen LogP contribution in [0.3, 0.4) is 0 Å². The molecule has 1 atom stereocenters. The minimum absolute atomic E-state index is 0.144. The second-order valence-corrected chi connectivity index (χ2v) is 8.78. The molecule has 1 saturated heterocycles. The third kappa shape index (κ3) is 2.82. The van der Waals surface area contributed by atoms with Crippen LogP contribution in [0.1, 0.15) is 11.1 Å². The minimum atomic E-state index is -1.18. The molecule has 0 aromatic heterocycles. The Kier molecular flexibility index (Phi) is 4.56. The fraction of sp³-hybridized carbons (Fsp3) is 0.130. The van der Waals surface area contributed by atoms with Gasteiger partial charge in [-0.25, -0.2) is 4.39 Å². The zero-order valence-corrected chi connectivity index (χ0v) is 17.3. The van der Waals surface area contributed by atoms with E-state index in [0.29, 0.717) is 10.7 Å². The first kappa shape index (κ1) is 19.2. The summed E-state index contributed by atoms with van der Waals surface area (Å²) in [5, 5.41) is 0.495. The first-order valence-electron chi connectivity index (χ1n) is 9.39. The van der Waals surface area contributed by atoms with Gasteiger partial charge in [-0.15, -0.1) is 11.8 Å². The first-order valence-corrected chi connectivity index (χ1v) is 10.8. The number of hydrogen-bond acceptors (Lipinski definition) is 3. The number of anilines is 2. The van der Waals surface area contributed by atoms with E-state index in [9.17, 15) is 14.0 Å². The molecule has 5 rings (SSSR count). The molecule has 2 aliphatic heterocycles. The number of thioether (sulfide) groups is 1. The molecule has 0 unspecified atom stereocenters. The Balaban J connectivity index is 1.64. The lowest BCUT2D eigenvalue weighted by atomic mass is 10.0. The average molecular weight is 439 g/mol. The standard InChI is InChI=1S/C23H16ClFN2O2S/c24-16-4-3-5-18(12-16)27-21(28)14-30-23(27)19-6-1-2-7-20(19)26(22(23)29)13-15-8-10-17(25)11-9-15/h1-12H,13-14H2/t23-/m1/s1. The van der Waals surface area contributed by atoms with Crippen molar-refractivity contribution in [3.05, 3.63) is 94.8 Å². The number of rotatable bonds is 3. The van der Waals surface area contributed by atoms with Gasteiger partial charge >= 0.3 is 0 Å². The summed E-state index contributed by atoms with van der Waals surface area (Å²) in [5.41, 5.74) is 2.92. The predicted molar refractivity (Wildman–Crippen MR) is 117 cm³/mol. The van der Waals surface area contributed by atoms with Crippen molar-refractivity contribution in [3.63, 3.8) is 0 Å². The van der Waals surface area contributed by atoms with Crippen LogP contribution in [0.5, 0.6) is 0 Å². The summed E-state index contributed by atoms with van der Waals surface area (Å²) in [6.07, 6.45) is 0. The average Bonchev–Trinajstić information content (AvgIpc) is 3.21. The highest BCUT2D eigenvalue weighted by Crippen LogP contribution is 2.56. The predicted octanol–water partition coefficient (Wildman–Crippen LogP) is 4.96. The van der Waals surface area contributed by atoms with Crippen molar-refractivity contribution in [1.82, 2.24) is 0 Å². The fourth-order valence-electron chi connectivity index (χ4n) is 4.10. The Labute approximate surface area is 182 Å². The largest absolute Gasteiger partial charge is 0.304 e. The van der Waals surface area contributed by atoms with Crippen LogP contribution in [-0.2, 0) is 21.0 Å². The van der Waals surface area contributed by atoms with Gasteiger partial charge < -0.3 is 4.90 Å². The van der Waals surface area contributed by atoms with Crippen LogP contribution in [0.25, 0.3) is 0 Å². The second kappa shape index (κ2) is 7.15. The number of halogens is 2. The van der Waals surface area contributed by atoms with Crippen molar-refractivity contribution < 1.29 is 14.0 Å². The summed E-state index contributed by atoms with van der Waals surface area (Å²) in [6, 6.07) is 20.6. The molecule has 0 N–H and O–H groups in total. The van der Waals surface area contributed by atoms with E-state index in [-0.39, 0.29) is 29.9 Å². The summed E-state index contributed by atoms with van der Waals surface area (Å²) < 4.78 is 13.3. The molecule has 7 heteroatoms. The Morgan fingerprint density at radius 3 is 2.53 bits per heavy atom. The van der Waals surface area contributed by atoms with E-state index in [4.69, 9.17) is 11.6 Å². The number of nitrogens with zero attached hydrogens (tertiary/aromatic N) is 2. The molecule has 2 aliphatic rings. The highest BCUT2D eigenvalue weighted by atomic mass is 35.5. The van der Waals surface area contributed by atoms with Crippen molar-refractivity contribution in [2.75, 3.05) is 15.6 Å². The van der Waals surface area contributed by atoms with Gasteiger partial charge in [0.2, 0.25) is 10.8 Å². The number of hydrogen-bond donors (Lipinski definition) is 0. The van der Waals surface area contributed by atoms with Gasteiger partial charge in [-0.1, -0.05) is 48.0 Å². The van der Waals surface area contributed by atoms with Crippen molar-refractivity contribution in [2.24, 2.45) is 0 Å². The molecule has 2 amide bonds. The van der Waals surface area contributed by atoms with Crippen molar-refractivity contribution in [3.8, 4) is 0 Å². The lowest BCUT2D eigenvalue weighted by Crippen LogP contribution is -2.49. The number of para-hydroxylation sites is 1. The van der Waals surface area contributed by atoms with Gasteiger partial charge in [0.05, 0.1) is 18.0 Å². The topological polar surface area (TPSA) is 40.6 Å². The second-order valence-electron chi connectivity index (χ2n) is 7.18. The Morgan fingerprint density at radius 2 is 1.77 bits per heavy atom. The van der Waals surface area contributed by atoms with Gasteiger partial charge in [0, 0.05) is 16.3 Å². The molecule has 1 fully saturated rings. The van der Waals surface area contributed by atoms with Crippen molar-refractivity contribution >= 4 is 46.6 Å². The van der Waals surface area contributed by atoms with Crippen LogP contribution in [0.4, 0.5) is 15.8 Å². The number of carbonyl (C=O) groups is 2. The molecule has 2 heterocycles. The van der Waals surface area contributed by atoms with E-state index in [1.54, 1.807) is 46.2 Å². The van der Waals surface area contributed by atoms with E-state index < -0.39 is 4.87 Å². The smallest absolute Gasteiger partial charge is 0.269 e. The summed E-state index contributed by atoms with van der Waals surface area (Å²) in [5.74, 6) is -0.470. The molecule has 0 saturated carbocycles. The summed E-state index contributed by atoms with van der Waals surface area (Å²) in [6.45, 7) is 0.288. The Hall–Kier alpha value is -2.83. The Morgan fingerprint density at radius 1 is 1.00 bits per heavy atom. The van der Waals surface area contributed by atoms with Gasteiger partial charge in [0.1, 0.15) is 5.82 Å². The molecule has 0 aliphatic carbocycles. The van der Waals surface area contributed by atoms with Gasteiger partial charge in [-0.05, 0) is 42.0 Å². The highest BCUT2D eigenvalue weighted by molar-refractivity contribution is 8.02. The Bertz CT molecular complexity index is 1170. The van der Waals surface area contributed by atoms with Gasteiger partial charge in [0.25, 0.3) is 5.91 Å². The lowest BCUT2D eigenvalue weighted by molar-refractivity contribution is -0.123. The summed E-state index contributed by atoms with van der Waals surface area (Å²) in [7, 11) is 0. The van der Waals surface area contributed by atoms with Crippen molar-refractivity contribution in [1.29, 1.82) is 0 Å². The number of carbonyl (C=O) groups excluding carboxylic acids is 2. The van der Waals surface area contributed by atoms with Crippen molar-refractivity contribution in [2.45, 2.75) is 11.4 Å². The van der Waals surface area contributed by atoms with E-state index in [1.165, 1.54) is 23.9 Å². The van der Waals surface area contributed by atoms with Crippen LogP contribution in [0, 0.1) is 5.82 Å². The van der Waals surface area contributed by atoms with Crippen LogP contribution in [0.2, 0.25) is 5.02 Å². The molecule has 0 bridgehead atoms. The minimum Gasteiger partial charge on any atom is -0.304 e. The third-order valence-corrected chi connectivity index (χ3v) is 7.01. The molecular formula is C23H16ClFN2O2S. The summed E-state index contributed by atoms with van der Waals surface area (Å²) >= 11 is 7.50. The molecule has 4 nitrogen and oxygen atoms in total. The maximum Gasteiger partial charge on any atom is 0.269 e. The van der Waals surface area contributed by atoms with E-state index in [0.717, 1.165) is 16.8 Å². The molecule has 3 aromatic rings. The van der Waals surface area contributed by atoms with E-state index in [1.807, 2.05) is 24.3 Å². The number of fused-ring (bicyclic) bond motifs is 2. The molecule has 30 heavy (non-hydrogen) atoms. The monoisotopic (exact) mass is 438 g/mol. The van der Waals surface area contributed by atoms with Crippen LogP contribution < -0.4 is 9.80 Å². The zero-order valence-electron chi connectivity index (χ0n) is 15.7. The molecule has 1 spiro atoms. The zero-order chi connectivity index (χ0) is 20.9. The summed E-state index contributed by atoms with van der Waals surface area (Å²) in [4.78, 5) is 28.9. The van der Waals surface area contributed by atoms with Crippen LogP contribution >= 0.6 is 23.4 Å². The SMILES string of the molecule is O=C1CS[C@]2(C(=O)N(Cc3ccc(F)cc3)c3ccccc32)N1c1cccc(Cl)c1. The van der Waals surface area contributed by atoms with Crippen LogP contribution in [-0.4, -0.2) is 17.6 Å². The molecule has 0 radical (unpaired) electrons. The quantitative estimate of drug-likeness (QED) is 0.580. The maximum absolute atomic E-state index is 13.9. The van der Waals surface area contributed by atoms with Gasteiger partial charge in [-0.2, -0.15) is 0 Å². The van der Waals surface area contributed by atoms with Crippen LogP contribution in [0.15, 0.2) is 72.8 Å². The lowest BCUT2D eigenvalue weighted by Gasteiger charge is -2.33. The number of benzene rings is 3. The van der Waals surface area contributed by atoms with Gasteiger partial charge in [-0.3, -0.25) is 14.5 Å². The van der Waals surface area contributed by atoms with E-state index in [2.05, 4.69) is 0 Å². The highest BCUT2D eigenvalue weighted by Gasteiger charge is 2.60. The van der Waals surface area contributed by atoms with Gasteiger partial charge in [0.15, 0.2) is 0 Å². The molecular weight excluding hydrogens is 423 g/mol. The third-order valence-electron chi connectivity index (χ3n) is 5.38. The molecule has 150 valence electrons.